The van der Waals surface area contributed by atoms with Gasteiger partial charge in [-0.15, -0.1) is 0 Å². The predicted molar refractivity (Wildman–Crippen MR) is 79.9 cm³/mol. The van der Waals surface area contributed by atoms with E-state index in [9.17, 15) is 4.79 Å². The van der Waals surface area contributed by atoms with Gasteiger partial charge in [0.25, 0.3) is 0 Å². The zero-order valence-corrected chi connectivity index (χ0v) is 11.3. The fourth-order valence-electron chi connectivity index (χ4n) is 2.63. The Bertz CT molecular complexity index is 606. The zero-order valence-electron chi connectivity index (χ0n) is 11.3. The maximum Gasteiger partial charge on any atom is 0.224 e. The lowest BCUT2D eigenvalue weighted by Crippen LogP contribution is -2.40. The first-order valence-corrected chi connectivity index (χ1v) is 6.42. The monoisotopic (exact) mass is 270 g/mol. The van der Waals surface area contributed by atoms with E-state index in [2.05, 4.69) is 0 Å². The summed E-state index contributed by atoms with van der Waals surface area (Å²) >= 11 is 0. The van der Waals surface area contributed by atoms with Crippen LogP contribution in [0.2, 0.25) is 0 Å². The van der Waals surface area contributed by atoms with Gasteiger partial charge < -0.3 is 22.3 Å². The summed E-state index contributed by atoms with van der Waals surface area (Å²) in [7, 11) is 0. The van der Waals surface area contributed by atoms with Gasteiger partial charge in [0.15, 0.2) is 0 Å². The number of amides is 1. The Morgan fingerprint density at radius 2 is 2.05 bits per heavy atom. The molecule has 0 heterocycles. The number of nitrogen functional groups attached to an aromatic ring is 1. The third-order valence-corrected chi connectivity index (χ3v) is 3.75. The van der Waals surface area contributed by atoms with E-state index < -0.39 is 17.7 Å². The molecule has 104 valence electrons. The maximum absolute atomic E-state index is 11.4. The van der Waals surface area contributed by atoms with Crippen molar-refractivity contribution in [1.82, 2.24) is 0 Å². The molecule has 0 fully saturated rings. The van der Waals surface area contributed by atoms with Crippen molar-refractivity contribution in [1.29, 1.82) is 10.8 Å². The van der Waals surface area contributed by atoms with E-state index in [0.717, 1.165) is 0 Å². The minimum Gasteiger partial charge on any atom is -0.399 e. The predicted octanol–water partition coefficient (Wildman–Crippen LogP) is 1.58. The second kappa shape index (κ2) is 5.28. The van der Waals surface area contributed by atoms with E-state index in [1.165, 1.54) is 0 Å². The molecule has 0 bridgehead atoms. The summed E-state index contributed by atoms with van der Waals surface area (Å²) < 4.78 is 0. The van der Waals surface area contributed by atoms with Crippen LogP contribution < -0.4 is 11.5 Å². The normalized spacial score (nSPS) is 25.4. The zero-order chi connectivity index (χ0) is 14.9. The highest BCUT2D eigenvalue weighted by molar-refractivity contribution is 6.17. The van der Waals surface area contributed by atoms with Gasteiger partial charge in [0.1, 0.15) is 0 Å². The summed E-state index contributed by atoms with van der Waals surface area (Å²) in [5, 5.41) is 16.4. The summed E-state index contributed by atoms with van der Waals surface area (Å²) in [6, 6.07) is 7.02. The fraction of sp³-hybridized carbons (Fsp3) is 0.267. The Kier molecular flexibility index (Phi) is 3.70. The lowest BCUT2D eigenvalue weighted by molar-refractivity contribution is -0.121. The van der Waals surface area contributed by atoms with Crippen LogP contribution in [-0.4, -0.2) is 17.3 Å². The first-order chi connectivity index (χ1) is 9.41. The SMILES string of the molecule is CC1C(C(N)=O)C=CC(=N)C1C(=N)c1cccc(N)c1. The largest absolute Gasteiger partial charge is 0.399 e. The molecule has 6 N–H and O–H groups in total. The molecule has 3 atom stereocenters. The summed E-state index contributed by atoms with van der Waals surface area (Å²) in [4.78, 5) is 11.4. The topological polar surface area (TPSA) is 117 Å². The first kappa shape index (κ1) is 14.0. The number of carbonyl (C=O) groups excluding carboxylic acids is 1. The molecule has 5 nitrogen and oxygen atoms in total. The highest BCUT2D eigenvalue weighted by Crippen LogP contribution is 2.31. The van der Waals surface area contributed by atoms with Crippen LogP contribution in [0.4, 0.5) is 5.69 Å². The number of carbonyl (C=O) groups is 1. The van der Waals surface area contributed by atoms with E-state index >= 15 is 0 Å². The quantitative estimate of drug-likeness (QED) is 0.493. The van der Waals surface area contributed by atoms with Crippen molar-refractivity contribution in [2.45, 2.75) is 6.92 Å². The maximum atomic E-state index is 11.4. The molecule has 0 aliphatic heterocycles. The molecule has 1 aliphatic rings. The molecular weight excluding hydrogens is 252 g/mol. The Labute approximate surface area is 117 Å². The van der Waals surface area contributed by atoms with Gasteiger partial charge in [0.05, 0.1) is 5.92 Å². The third-order valence-electron chi connectivity index (χ3n) is 3.75. The Hall–Kier alpha value is -2.43. The molecule has 3 unspecified atom stereocenters. The average Bonchev–Trinajstić information content (AvgIpc) is 2.38. The molecule has 1 aromatic carbocycles. The number of rotatable bonds is 3. The number of anilines is 1. The standard InChI is InChI=1S/C15H18N4O/c1-8-11(15(19)20)5-6-12(17)13(8)14(18)9-3-2-4-10(16)7-9/h2-8,11,13,17-18H,16H2,1H3,(H2,19,20). The molecule has 1 amide bonds. The third kappa shape index (κ3) is 2.47. The second-order valence-corrected chi connectivity index (χ2v) is 5.12. The first-order valence-electron chi connectivity index (χ1n) is 6.42. The van der Waals surface area contributed by atoms with Crippen LogP contribution in [0.3, 0.4) is 0 Å². The molecule has 5 heteroatoms. The minimum absolute atomic E-state index is 0.209. The van der Waals surface area contributed by atoms with Gasteiger partial charge in [-0.2, -0.15) is 0 Å². The molecule has 0 saturated carbocycles. The van der Waals surface area contributed by atoms with E-state index in [0.29, 0.717) is 22.7 Å². The number of primary amides is 1. The number of benzene rings is 1. The Morgan fingerprint density at radius 3 is 2.65 bits per heavy atom. The second-order valence-electron chi connectivity index (χ2n) is 5.12. The van der Waals surface area contributed by atoms with Crippen LogP contribution in [0.5, 0.6) is 0 Å². The summed E-state index contributed by atoms with van der Waals surface area (Å²) in [6.45, 7) is 1.85. The number of allylic oxidation sites excluding steroid dienone is 1. The lowest BCUT2D eigenvalue weighted by atomic mass is 9.72. The van der Waals surface area contributed by atoms with Crippen LogP contribution >= 0.6 is 0 Å². The van der Waals surface area contributed by atoms with Crippen LogP contribution in [-0.2, 0) is 4.79 Å². The van der Waals surface area contributed by atoms with Crippen LogP contribution in [0.1, 0.15) is 12.5 Å². The average molecular weight is 270 g/mol. The van der Waals surface area contributed by atoms with Gasteiger partial charge >= 0.3 is 0 Å². The van der Waals surface area contributed by atoms with Crippen molar-refractivity contribution in [3.63, 3.8) is 0 Å². The number of hydrogen-bond acceptors (Lipinski definition) is 4. The van der Waals surface area contributed by atoms with Gasteiger partial charge in [0, 0.05) is 23.0 Å². The number of nitrogens with two attached hydrogens (primary N) is 2. The van der Waals surface area contributed by atoms with Gasteiger partial charge in [-0.25, -0.2) is 0 Å². The highest BCUT2D eigenvalue weighted by atomic mass is 16.1. The molecule has 0 radical (unpaired) electrons. The van der Waals surface area contributed by atoms with Crippen LogP contribution in [0.25, 0.3) is 0 Å². The number of hydrogen-bond donors (Lipinski definition) is 4. The summed E-state index contributed by atoms with van der Waals surface area (Å²) in [5.74, 6) is -1.53. The van der Waals surface area contributed by atoms with Crippen molar-refractivity contribution in [3.8, 4) is 0 Å². The van der Waals surface area contributed by atoms with Gasteiger partial charge in [-0.05, 0) is 29.7 Å². The smallest absolute Gasteiger partial charge is 0.224 e. The van der Waals surface area contributed by atoms with Crippen molar-refractivity contribution in [2.24, 2.45) is 23.5 Å². The van der Waals surface area contributed by atoms with E-state index in [1.807, 2.05) is 6.92 Å². The van der Waals surface area contributed by atoms with Gasteiger partial charge in [-0.1, -0.05) is 25.1 Å². The summed E-state index contributed by atoms with van der Waals surface area (Å²) in [5.41, 5.74) is 13.0. The van der Waals surface area contributed by atoms with E-state index in [-0.39, 0.29) is 5.92 Å². The van der Waals surface area contributed by atoms with Gasteiger partial charge in [-0.3, -0.25) is 4.79 Å². The van der Waals surface area contributed by atoms with Crippen molar-refractivity contribution in [2.75, 3.05) is 5.73 Å². The fourth-order valence-corrected chi connectivity index (χ4v) is 2.63. The van der Waals surface area contributed by atoms with Gasteiger partial charge in [0.2, 0.25) is 5.91 Å². The van der Waals surface area contributed by atoms with Crippen LogP contribution in [0, 0.1) is 28.6 Å². The molecule has 0 aromatic heterocycles. The lowest BCUT2D eigenvalue weighted by Gasteiger charge is -2.31. The van der Waals surface area contributed by atoms with E-state index in [4.69, 9.17) is 22.3 Å². The highest BCUT2D eigenvalue weighted by Gasteiger charge is 2.36. The Morgan fingerprint density at radius 1 is 1.35 bits per heavy atom. The van der Waals surface area contributed by atoms with Crippen molar-refractivity contribution < 1.29 is 4.79 Å². The van der Waals surface area contributed by atoms with E-state index in [1.54, 1.807) is 36.4 Å². The molecule has 20 heavy (non-hydrogen) atoms. The molecule has 0 spiro atoms. The molecule has 1 aromatic rings. The van der Waals surface area contributed by atoms with Crippen molar-refractivity contribution >= 4 is 23.0 Å². The van der Waals surface area contributed by atoms with Crippen molar-refractivity contribution in [3.05, 3.63) is 42.0 Å². The van der Waals surface area contributed by atoms with Crippen LogP contribution in [0.15, 0.2) is 36.4 Å². The Balaban J connectivity index is 2.36. The minimum atomic E-state index is -0.449. The molecule has 0 saturated heterocycles. The number of nitrogens with one attached hydrogen (secondary N) is 2. The summed E-state index contributed by atoms with van der Waals surface area (Å²) in [6.07, 6.45) is 3.22. The molecule has 2 rings (SSSR count). The molecular formula is C15H18N4O. The molecule has 1 aliphatic carbocycles.